The number of hydrogen-bond acceptors (Lipinski definition) is 3. The van der Waals surface area contributed by atoms with Gasteiger partial charge in [0.1, 0.15) is 16.7 Å². The highest BCUT2D eigenvalue weighted by Gasteiger charge is 2.24. The van der Waals surface area contributed by atoms with Gasteiger partial charge in [-0.05, 0) is 80.7 Å². The first-order valence-corrected chi connectivity index (χ1v) is 18.0. The summed E-state index contributed by atoms with van der Waals surface area (Å²) in [7, 11) is 0. The summed E-state index contributed by atoms with van der Waals surface area (Å²) in [6, 6.07) is 66.7. The third-order valence-corrected chi connectivity index (χ3v) is 10.7. The van der Waals surface area contributed by atoms with Crippen molar-refractivity contribution >= 4 is 82.5 Å². The van der Waals surface area contributed by atoms with Gasteiger partial charge in [0.25, 0.3) is 0 Å². The third-order valence-electron chi connectivity index (χ3n) is 10.7. The van der Waals surface area contributed by atoms with Crippen LogP contribution in [0.4, 0.5) is 17.1 Å². The van der Waals surface area contributed by atoms with Crippen LogP contribution in [-0.2, 0) is 0 Å². The molecule has 0 N–H and O–H groups in total. The second-order valence-electron chi connectivity index (χ2n) is 13.7. The summed E-state index contributed by atoms with van der Waals surface area (Å²) < 4.78 is 13.4. The minimum absolute atomic E-state index is 0.834. The molecule has 0 atom stereocenters. The summed E-state index contributed by atoms with van der Waals surface area (Å²) in [6.45, 7) is 0. The number of benzene rings is 9. The Labute approximate surface area is 305 Å². The van der Waals surface area contributed by atoms with Crippen molar-refractivity contribution in [3.63, 3.8) is 0 Å². The SMILES string of the molecule is c1ccc(-c2cccc3c2oc2c(N(c4ccc(-c5ccc6ccc7ccccc7c6c5)cc4)c4cccc5oc6ccccc6c45)cccc23)cc1. The fourth-order valence-corrected chi connectivity index (χ4v) is 8.16. The lowest BCUT2D eigenvalue weighted by Gasteiger charge is -2.26. The molecule has 0 saturated carbocycles. The Balaban J connectivity index is 1.13. The summed E-state index contributed by atoms with van der Waals surface area (Å²) in [5.41, 5.74) is 11.0. The van der Waals surface area contributed by atoms with E-state index in [1.807, 2.05) is 18.2 Å². The van der Waals surface area contributed by atoms with Crippen LogP contribution in [0, 0.1) is 0 Å². The predicted molar refractivity (Wildman–Crippen MR) is 222 cm³/mol. The van der Waals surface area contributed by atoms with Crippen molar-refractivity contribution < 1.29 is 8.83 Å². The lowest BCUT2D eigenvalue weighted by atomic mass is 9.97. The van der Waals surface area contributed by atoms with E-state index < -0.39 is 0 Å². The van der Waals surface area contributed by atoms with Crippen LogP contribution in [0.2, 0.25) is 0 Å². The molecule has 11 aromatic rings. The zero-order chi connectivity index (χ0) is 34.9. The van der Waals surface area contributed by atoms with E-state index in [9.17, 15) is 0 Å². The van der Waals surface area contributed by atoms with Crippen LogP contribution >= 0.6 is 0 Å². The highest BCUT2D eigenvalue weighted by atomic mass is 16.3. The molecule has 0 radical (unpaired) electrons. The van der Waals surface area contributed by atoms with E-state index in [2.05, 4.69) is 175 Å². The first kappa shape index (κ1) is 29.6. The molecule has 3 nitrogen and oxygen atoms in total. The molecule has 9 aromatic carbocycles. The van der Waals surface area contributed by atoms with Gasteiger partial charge in [-0.3, -0.25) is 0 Å². The van der Waals surface area contributed by atoms with Gasteiger partial charge < -0.3 is 13.7 Å². The van der Waals surface area contributed by atoms with Crippen molar-refractivity contribution in [2.45, 2.75) is 0 Å². The van der Waals surface area contributed by atoms with Crippen LogP contribution < -0.4 is 4.90 Å². The Kier molecular flexibility index (Phi) is 6.55. The van der Waals surface area contributed by atoms with Gasteiger partial charge in [-0.2, -0.15) is 0 Å². The third kappa shape index (κ3) is 4.68. The summed E-state index contributed by atoms with van der Waals surface area (Å²) >= 11 is 0. The largest absolute Gasteiger partial charge is 0.456 e. The Morgan fingerprint density at radius 2 is 0.962 bits per heavy atom. The number of furan rings is 2. The number of anilines is 3. The first-order valence-electron chi connectivity index (χ1n) is 18.0. The lowest BCUT2D eigenvalue weighted by Crippen LogP contribution is -2.10. The van der Waals surface area contributed by atoms with Crippen LogP contribution in [0.15, 0.2) is 197 Å². The topological polar surface area (TPSA) is 29.5 Å². The predicted octanol–water partition coefficient (Wildman–Crippen LogP) is 14.6. The number of nitrogens with zero attached hydrogens (tertiary/aromatic N) is 1. The number of fused-ring (bicyclic) bond motifs is 9. The van der Waals surface area contributed by atoms with Crippen molar-refractivity contribution in [3.05, 3.63) is 188 Å². The van der Waals surface area contributed by atoms with E-state index in [1.54, 1.807) is 0 Å². The van der Waals surface area contributed by atoms with Crippen LogP contribution in [0.1, 0.15) is 0 Å². The van der Waals surface area contributed by atoms with E-state index in [4.69, 9.17) is 8.83 Å². The van der Waals surface area contributed by atoms with Gasteiger partial charge >= 0.3 is 0 Å². The van der Waals surface area contributed by atoms with E-state index in [0.717, 1.165) is 77.6 Å². The van der Waals surface area contributed by atoms with E-state index >= 15 is 0 Å². The molecular formula is C50H31NO2. The minimum Gasteiger partial charge on any atom is -0.456 e. The molecule has 11 rings (SSSR count). The molecule has 0 amide bonds. The average molecular weight is 678 g/mol. The van der Waals surface area contributed by atoms with E-state index in [1.165, 1.54) is 27.1 Å². The smallest absolute Gasteiger partial charge is 0.159 e. The fraction of sp³-hybridized carbons (Fsp3) is 0. The van der Waals surface area contributed by atoms with Gasteiger partial charge in [-0.25, -0.2) is 0 Å². The first-order chi connectivity index (χ1) is 26.3. The van der Waals surface area contributed by atoms with E-state index in [0.29, 0.717) is 0 Å². The van der Waals surface area contributed by atoms with Crippen molar-refractivity contribution in [2.75, 3.05) is 4.90 Å². The maximum atomic E-state index is 6.98. The van der Waals surface area contributed by atoms with Crippen molar-refractivity contribution in [1.82, 2.24) is 0 Å². The standard InChI is InChI=1S/C50H31NO2/c1-2-11-33(12-3-1)39-16-8-17-40-41-18-9-20-45(50(41)53-49(39)40)51(44-19-10-22-47-48(44)42-15-6-7-21-46(42)52-47)37-29-27-32(28-30-37)36-26-25-35-24-23-34-13-4-5-14-38(34)43(35)31-36/h1-31H. The molecule has 0 aliphatic heterocycles. The van der Waals surface area contributed by atoms with Gasteiger partial charge in [0.05, 0.1) is 16.8 Å². The Morgan fingerprint density at radius 1 is 0.340 bits per heavy atom. The maximum absolute atomic E-state index is 6.98. The highest BCUT2D eigenvalue weighted by Crippen LogP contribution is 2.47. The zero-order valence-electron chi connectivity index (χ0n) is 28.7. The molecule has 2 aromatic heterocycles. The lowest BCUT2D eigenvalue weighted by molar-refractivity contribution is 0.668. The van der Waals surface area contributed by atoms with Crippen LogP contribution in [0.5, 0.6) is 0 Å². The summed E-state index contributed by atoms with van der Waals surface area (Å²) in [5, 5.41) is 9.32. The molecule has 0 fully saturated rings. The van der Waals surface area contributed by atoms with E-state index in [-0.39, 0.29) is 0 Å². The van der Waals surface area contributed by atoms with Crippen molar-refractivity contribution in [2.24, 2.45) is 0 Å². The van der Waals surface area contributed by atoms with Gasteiger partial charge in [0.15, 0.2) is 5.58 Å². The zero-order valence-corrected chi connectivity index (χ0v) is 28.7. The highest BCUT2D eigenvalue weighted by molar-refractivity contribution is 6.17. The molecule has 2 heterocycles. The quantitative estimate of drug-likeness (QED) is 0.170. The van der Waals surface area contributed by atoms with Crippen LogP contribution in [0.3, 0.4) is 0 Å². The Morgan fingerprint density at radius 3 is 1.83 bits per heavy atom. The fourth-order valence-electron chi connectivity index (χ4n) is 8.16. The molecular weight excluding hydrogens is 647 g/mol. The summed E-state index contributed by atoms with van der Waals surface area (Å²) in [5.74, 6) is 0. The summed E-state index contributed by atoms with van der Waals surface area (Å²) in [4.78, 5) is 2.33. The van der Waals surface area contributed by atoms with Crippen molar-refractivity contribution in [1.29, 1.82) is 0 Å². The van der Waals surface area contributed by atoms with Gasteiger partial charge in [-0.15, -0.1) is 0 Å². The normalized spacial score (nSPS) is 11.8. The number of hydrogen-bond donors (Lipinski definition) is 0. The molecule has 0 aliphatic rings. The second kappa shape index (κ2) is 11.7. The maximum Gasteiger partial charge on any atom is 0.159 e. The molecule has 53 heavy (non-hydrogen) atoms. The number of para-hydroxylation sites is 3. The van der Waals surface area contributed by atoms with Gasteiger partial charge in [0, 0.05) is 27.4 Å². The number of rotatable bonds is 5. The molecule has 0 bridgehead atoms. The molecule has 0 aliphatic carbocycles. The summed E-state index contributed by atoms with van der Waals surface area (Å²) in [6.07, 6.45) is 0. The monoisotopic (exact) mass is 677 g/mol. The van der Waals surface area contributed by atoms with Crippen LogP contribution in [-0.4, -0.2) is 0 Å². The average Bonchev–Trinajstić information content (AvgIpc) is 3.81. The Bertz CT molecular complexity index is 3170. The molecule has 0 spiro atoms. The van der Waals surface area contributed by atoms with Crippen LogP contribution in [0.25, 0.3) is 87.7 Å². The van der Waals surface area contributed by atoms with Gasteiger partial charge in [0.2, 0.25) is 0 Å². The van der Waals surface area contributed by atoms with Crippen molar-refractivity contribution in [3.8, 4) is 22.3 Å². The van der Waals surface area contributed by atoms with Gasteiger partial charge in [-0.1, -0.05) is 146 Å². The Hall–Kier alpha value is -7.10. The second-order valence-corrected chi connectivity index (χ2v) is 13.7. The molecule has 0 saturated heterocycles. The molecule has 248 valence electrons. The molecule has 3 heteroatoms. The molecule has 0 unspecified atom stereocenters. The minimum atomic E-state index is 0.834.